The molecule has 2 aromatic rings. The lowest BCUT2D eigenvalue weighted by molar-refractivity contribution is -0.0979. The Bertz CT molecular complexity index is 401. The number of carbonyl (C=O) groups excluding carboxylic acids is 1. The molecule has 0 aliphatic carbocycles. The number of hydrogen-bond donors (Lipinski definition) is 1. The fourth-order valence-electron chi connectivity index (χ4n) is 1.08. The molecule has 3 heteroatoms. The average molecular weight is 174 g/mol. The summed E-state index contributed by atoms with van der Waals surface area (Å²) in [7, 11) is 0. The largest absolute Gasteiger partial charge is 0.384 e. The van der Waals surface area contributed by atoms with Gasteiger partial charge < -0.3 is 10.5 Å². The summed E-state index contributed by atoms with van der Waals surface area (Å²) in [6.45, 7) is 2.00. The van der Waals surface area contributed by atoms with E-state index in [1.165, 1.54) is 0 Å². The average Bonchev–Trinajstić information content (AvgIpc) is 2.21. The Balaban J connectivity index is 0.000000396. The third-order valence-corrected chi connectivity index (χ3v) is 1.62. The predicted octanol–water partition coefficient (Wildman–Crippen LogP) is 1.63. The van der Waals surface area contributed by atoms with Gasteiger partial charge in [0.15, 0.2) is 0 Å². The molecule has 1 aromatic heterocycles. The minimum atomic E-state index is 0.573. The van der Waals surface area contributed by atoms with Gasteiger partial charge in [-0.1, -0.05) is 18.2 Å². The van der Waals surface area contributed by atoms with Crippen LogP contribution in [0.5, 0.6) is 0 Å². The highest BCUT2D eigenvalue weighted by Gasteiger charge is 1.91. The first-order chi connectivity index (χ1) is 6.36. The van der Waals surface area contributed by atoms with E-state index in [0.29, 0.717) is 5.82 Å². The molecule has 0 aliphatic heterocycles. The third kappa shape index (κ3) is 2.02. The molecule has 1 heterocycles. The number of carbonyl (C=O) groups is 1. The fraction of sp³-hybridized carbons (Fsp3) is 0. The van der Waals surface area contributed by atoms with Crippen LogP contribution in [-0.4, -0.2) is 11.8 Å². The summed E-state index contributed by atoms with van der Waals surface area (Å²) in [5, 5.41) is 1.13. The third-order valence-electron chi connectivity index (χ3n) is 1.62. The molecule has 2 N–H and O–H groups in total. The molecule has 0 bridgehead atoms. The molecule has 0 radical (unpaired) electrons. The second-order valence-corrected chi connectivity index (χ2v) is 2.43. The maximum atomic E-state index is 8.00. The Morgan fingerprint density at radius 1 is 1.08 bits per heavy atom. The molecule has 0 spiro atoms. The molecule has 0 atom stereocenters. The zero-order valence-electron chi connectivity index (χ0n) is 7.10. The Morgan fingerprint density at radius 2 is 1.77 bits per heavy atom. The highest BCUT2D eigenvalue weighted by atomic mass is 16.1. The standard InChI is InChI=1S/C9H8N2.CH2O/c10-9-6-5-7-3-1-2-4-8(7)11-9;1-2/h1-6H,(H2,10,11);1H2. The maximum Gasteiger partial charge on any atom is 0.124 e. The molecule has 0 fully saturated rings. The van der Waals surface area contributed by atoms with Crippen molar-refractivity contribution < 1.29 is 4.79 Å². The molecule has 0 saturated carbocycles. The van der Waals surface area contributed by atoms with Crippen molar-refractivity contribution in [3.05, 3.63) is 36.4 Å². The quantitative estimate of drug-likeness (QED) is 0.660. The van der Waals surface area contributed by atoms with E-state index < -0.39 is 0 Å². The first-order valence-electron chi connectivity index (χ1n) is 3.76. The lowest BCUT2D eigenvalue weighted by Gasteiger charge is -1.95. The molecule has 0 aliphatic rings. The van der Waals surface area contributed by atoms with E-state index in [1.807, 2.05) is 43.2 Å². The topological polar surface area (TPSA) is 56.0 Å². The molecule has 2 rings (SSSR count). The summed E-state index contributed by atoms with van der Waals surface area (Å²) in [5.41, 5.74) is 6.46. The van der Waals surface area contributed by atoms with E-state index in [1.54, 1.807) is 0 Å². The molecule has 13 heavy (non-hydrogen) atoms. The number of hydrogen-bond acceptors (Lipinski definition) is 3. The van der Waals surface area contributed by atoms with Crippen molar-refractivity contribution in [3.8, 4) is 0 Å². The van der Waals surface area contributed by atoms with Gasteiger partial charge in [-0.25, -0.2) is 4.98 Å². The van der Waals surface area contributed by atoms with Crippen LogP contribution in [0.3, 0.4) is 0 Å². The summed E-state index contributed by atoms with van der Waals surface area (Å²) in [4.78, 5) is 12.2. The Morgan fingerprint density at radius 3 is 2.54 bits per heavy atom. The smallest absolute Gasteiger partial charge is 0.124 e. The summed E-state index contributed by atoms with van der Waals surface area (Å²) in [6.07, 6.45) is 0. The van der Waals surface area contributed by atoms with Crippen molar-refractivity contribution in [2.75, 3.05) is 5.73 Å². The minimum absolute atomic E-state index is 0.573. The van der Waals surface area contributed by atoms with Gasteiger partial charge in [-0.2, -0.15) is 0 Å². The molecular weight excluding hydrogens is 164 g/mol. The van der Waals surface area contributed by atoms with E-state index in [9.17, 15) is 0 Å². The van der Waals surface area contributed by atoms with Crippen LogP contribution in [0.1, 0.15) is 0 Å². The normalized spacial score (nSPS) is 8.92. The van der Waals surface area contributed by atoms with Crippen molar-refractivity contribution >= 4 is 23.5 Å². The number of rotatable bonds is 0. The molecule has 3 nitrogen and oxygen atoms in total. The second kappa shape index (κ2) is 4.21. The first-order valence-corrected chi connectivity index (χ1v) is 3.76. The Hall–Kier alpha value is -1.90. The van der Waals surface area contributed by atoms with Crippen LogP contribution in [0.25, 0.3) is 10.9 Å². The zero-order valence-corrected chi connectivity index (χ0v) is 7.10. The van der Waals surface area contributed by atoms with Crippen molar-refractivity contribution in [2.24, 2.45) is 0 Å². The number of nitrogens with zero attached hydrogens (tertiary/aromatic N) is 1. The Kier molecular flexibility index (Phi) is 2.97. The maximum absolute atomic E-state index is 8.00. The summed E-state index contributed by atoms with van der Waals surface area (Å²) in [5.74, 6) is 0.573. The van der Waals surface area contributed by atoms with Crippen molar-refractivity contribution in [1.82, 2.24) is 4.98 Å². The van der Waals surface area contributed by atoms with Crippen LogP contribution in [0, 0.1) is 0 Å². The fourth-order valence-corrected chi connectivity index (χ4v) is 1.08. The van der Waals surface area contributed by atoms with E-state index in [-0.39, 0.29) is 0 Å². The van der Waals surface area contributed by atoms with Gasteiger partial charge in [-0.05, 0) is 18.2 Å². The molecule has 0 unspecified atom stereocenters. The molecule has 1 aromatic carbocycles. The number of para-hydroxylation sites is 1. The van der Waals surface area contributed by atoms with Gasteiger partial charge in [0.1, 0.15) is 12.6 Å². The van der Waals surface area contributed by atoms with Crippen molar-refractivity contribution in [3.63, 3.8) is 0 Å². The lowest BCUT2D eigenvalue weighted by Crippen LogP contribution is -1.88. The van der Waals surface area contributed by atoms with Crippen LogP contribution in [0.2, 0.25) is 0 Å². The second-order valence-electron chi connectivity index (χ2n) is 2.43. The van der Waals surface area contributed by atoms with Crippen LogP contribution >= 0.6 is 0 Å². The predicted molar refractivity (Wildman–Crippen MR) is 53.3 cm³/mol. The highest BCUT2D eigenvalue weighted by Crippen LogP contribution is 2.11. The van der Waals surface area contributed by atoms with Crippen molar-refractivity contribution in [1.29, 1.82) is 0 Å². The monoisotopic (exact) mass is 174 g/mol. The highest BCUT2D eigenvalue weighted by molar-refractivity contribution is 5.79. The number of nitrogens with two attached hydrogens (primary N) is 1. The first kappa shape index (κ1) is 9.19. The van der Waals surface area contributed by atoms with E-state index in [0.717, 1.165) is 10.9 Å². The molecule has 0 saturated heterocycles. The minimum Gasteiger partial charge on any atom is -0.384 e. The number of benzene rings is 1. The number of pyridine rings is 1. The zero-order chi connectivity index (χ0) is 9.68. The SMILES string of the molecule is C=O.Nc1ccc2ccccc2n1. The van der Waals surface area contributed by atoms with Gasteiger partial charge in [0.25, 0.3) is 0 Å². The Labute approximate surface area is 76.2 Å². The van der Waals surface area contributed by atoms with Gasteiger partial charge in [0.2, 0.25) is 0 Å². The van der Waals surface area contributed by atoms with Crippen LogP contribution in [-0.2, 0) is 4.79 Å². The van der Waals surface area contributed by atoms with Gasteiger partial charge in [-0.3, -0.25) is 0 Å². The summed E-state index contributed by atoms with van der Waals surface area (Å²) in [6, 6.07) is 11.7. The van der Waals surface area contributed by atoms with Crippen molar-refractivity contribution in [2.45, 2.75) is 0 Å². The lowest BCUT2D eigenvalue weighted by atomic mass is 10.2. The summed E-state index contributed by atoms with van der Waals surface area (Å²) < 4.78 is 0. The van der Waals surface area contributed by atoms with Gasteiger partial charge in [0, 0.05) is 5.39 Å². The van der Waals surface area contributed by atoms with Crippen LogP contribution in [0.15, 0.2) is 36.4 Å². The number of nitrogen functional groups attached to an aromatic ring is 1. The number of aromatic nitrogens is 1. The van der Waals surface area contributed by atoms with E-state index >= 15 is 0 Å². The number of anilines is 1. The van der Waals surface area contributed by atoms with Gasteiger partial charge in [0.05, 0.1) is 5.52 Å². The van der Waals surface area contributed by atoms with Crippen LogP contribution in [0.4, 0.5) is 5.82 Å². The van der Waals surface area contributed by atoms with Gasteiger partial charge >= 0.3 is 0 Å². The summed E-state index contributed by atoms with van der Waals surface area (Å²) >= 11 is 0. The van der Waals surface area contributed by atoms with E-state index in [4.69, 9.17) is 10.5 Å². The molecule has 0 amide bonds. The van der Waals surface area contributed by atoms with E-state index in [2.05, 4.69) is 4.98 Å². The van der Waals surface area contributed by atoms with Crippen LogP contribution < -0.4 is 5.73 Å². The molecule has 66 valence electrons. The number of fused-ring (bicyclic) bond motifs is 1. The van der Waals surface area contributed by atoms with Gasteiger partial charge in [-0.15, -0.1) is 0 Å². The molecular formula is C10H10N2O.